The van der Waals surface area contributed by atoms with Crippen molar-refractivity contribution in [1.29, 1.82) is 0 Å². The number of imidazole rings is 1. The normalized spacial score (nSPS) is 24.4. The van der Waals surface area contributed by atoms with Crippen LogP contribution in [0.1, 0.15) is 12.8 Å². The van der Waals surface area contributed by atoms with E-state index in [0.717, 1.165) is 29.7 Å². The van der Waals surface area contributed by atoms with Crippen LogP contribution in [0.3, 0.4) is 0 Å². The van der Waals surface area contributed by atoms with E-state index in [1.165, 1.54) is 0 Å². The van der Waals surface area contributed by atoms with Gasteiger partial charge in [-0.25, -0.2) is 9.97 Å². The van der Waals surface area contributed by atoms with E-state index in [0.29, 0.717) is 11.7 Å². The van der Waals surface area contributed by atoms with Crippen LogP contribution < -0.4 is 10.1 Å². The minimum Gasteiger partial charge on any atom is -0.495 e. The van der Waals surface area contributed by atoms with Crippen molar-refractivity contribution in [2.45, 2.75) is 31.5 Å². The van der Waals surface area contributed by atoms with Gasteiger partial charge < -0.3 is 19.7 Å². The van der Waals surface area contributed by atoms with E-state index in [9.17, 15) is 5.11 Å². The molecule has 2 aromatic heterocycles. The van der Waals surface area contributed by atoms with Crippen molar-refractivity contribution < 1.29 is 9.84 Å². The average molecular weight is 367 g/mol. The fourth-order valence-corrected chi connectivity index (χ4v) is 3.37. The molecule has 0 spiro atoms. The van der Waals surface area contributed by atoms with E-state index in [1.54, 1.807) is 19.5 Å². The first-order valence-corrected chi connectivity index (χ1v) is 8.05. The van der Waals surface area contributed by atoms with E-state index < -0.39 is 0 Å². The number of methoxy groups -OCH3 is 1. The number of aliphatic hydroxyl groups is 1. The maximum absolute atomic E-state index is 10.3. The molecule has 2 heterocycles. The molecular weight excluding hydrogens is 348 g/mol. The summed E-state index contributed by atoms with van der Waals surface area (Å²) >= 11 is 3.48. The standard InChI is InChI=1S/C15H19BrN4O2/c1-22-11-6-12(16)15(18-7-11)19-13-4-10(5-14(13)21)8-20-3-2-17-9-20/h2-3,6-7,9-10,13-14,21H,4-5,8H2,1H3,(H,18,19)/t10?,13-,14-/m1/s1. The minimum absolute atomic E-state index is 0.00529. The summed E-state index contributed by atoms with van der Waals surface area (Å²) in [5, 5.41) is 13.6. The molecular formula is C15H19BrN4O2. The predicted octanol–water partition coefficient (Wildman–Crippen LogP) is 2.30. The monoisotopic (exact) mass is 366 g/mol. The third-order valence-corrected chi connectivity index (χ3v) is 4.63. The number of rotatable bonds is 5. The quantitative estimate of drug-likeness (QED) is 0.849. The van der Waals surface area contributed by atoms with Crippen LogP contribution in [0, 0.1) is 5.92 Å². The second kappa shape index (κ2) is 6.66. The second-order valence-corrected chi connectivity index (χ2v) is 6.47. The molecule has 0 bridgehead atoms. The molecule has 1 saturated carbocycles. The zero-order valence-electron chi connectivity index (χ0n) is 12.3. The third-order valence-electron chi connectivity index (χ3n) is 4.03. The molecule has 2 aromatic rings. The van der Waals surface area contributed by atoms with Gasteiger partial charge in [0.1, 0.15) is 11.6 Å². The lowest BCUT2D eigenvalue weighted by Gasteiger charge is -2.18. The Morgan fingerprint density at radius 3 is 3.05 bits per heavy atom. The van der Waals surface area contributed by atoms with Crippen molar-refractivity contribution in [2.24, 2.45) is 5.92 Å². The molecule has 0 aromatic carbocycles. The summed E-state index contributed by atoms with van der Waals surface area (Å²) in [6.45, 7) is 0.881. The highest BCUT2D eigenvalue weighted by Crippen LogP contribution is 2.32. The highest BCUT2D eigenvalue weighted by atomic mass is 79.9. The van der Waals surface area contributed by atoms with Gasteiger partial charge in [-0.15, -0.1) is 0 Å². The van der Waals surface area contributed by atoms with Crippen LogP contribution in [-0.4, -0.2) is 38.9 Å². The molecule has 2 N–H and O–H groups in total. The van der Waals surface area contributed by atoms with E-state index in [4.69, 9.17) is 4.74 Å². The number of nitrogens with zero attached hydrogens (tertiary/aromatic N) is 3. The van der Waals surface area contributed by atoms with E-state index in [1.807, 2.05) is 18.6 Å². The van der Waals surface area contributed by atoms with Gasteiger partial charge in [-0.05, 0) is 40.8 Å². The lowest BCUT2D eigenvalue weighted by molar-refractivity contribution is 0.166. The molecule has 6 nitrogen and oxygen atoms in total. The Balaban J connectivity index is 1.63. The average Bonchev–Trinajstić information content (AvgIpc) is 3.12. The summed E-state index contributed by atoms with van der Waals surface area (Å²) in [5.41, 5.74) is 0. The van der Waals surface area contributed by atoms with Gasteiger partial charge in [-0.2, -0.15) is 0 Å². The number of ether oxygens (including phenoxy) is 1. The first kappa shape index (κ1) is 15.3. The zero-order chi connectivity index (χ0) is 15.5. The Kier molecular flexibility index (Phi) is 4.63. The first-order valence-electron chi connectivity index (χ1n) is 7.25. The Morgan fingerprint density at radius 2 is 2.36 bits per heavy atom. The Morgan fingerprint density at radius 1 is 1.50 bits per heavy atom. The fraction of sp³-hybridized carbons (Fsp3) is 0.467. The van der Waals surface area contributed by atoms with E-state index in [2.05, 4.69) is 35.8 Å². The lowest BCUT2D eigenvalue weighted by atomic mass is 10.1. The molecule has 0 amide bonds. The molecule has 1 aliphatic carbocycles. The van der Waals surface area contributed by atoms with Gasteiger partial charge >= 0.3 is 0 Å². The third kappa shape index (κ3) is 3.41. The van der Waals surface area contributed by atoms with Gasteiger partial charge in [-0.3, -0.25) is 0 Å². The van der Waals surface area contributed by atoms with Crippen LogP contribution in [0.25, 0.3) is 0 Å². The van der Waals surface area contributed by atoms with Gasteiger partial charge in [0.05, 0.1) is 36.3 Å². The van der Waals surface area contributed by atoms with Crippen molar-refractivity contribution in [3.63, 3.8) is 0 Å². The molecule has 1 fully saturated rings. The fourth-order valence-electron chi connectivity index (χ4n) is 2.93. The number of nitrogens with one attached hydrogen (secondary N) is 1. The largest absolute Gasteiger partial charge is 0.495 e. The highest BCUT2D eigenvalue weighted by molar-refractivity contribution is 9.10. The Labute approximate surface area is 137 Å². The van der Waals surface area contributed by atoms with Crippen LogP contribution in [0.4, 0.5) is 5.82 Å². The number of aromatic nitrogens is 3. The SMILES string of the molecule is COc1cnc(N[C@@H]2CC(Cn3ccnc3)C[C@H]2O)c(Br)c1. The van der Waals surface area contributed by atoms with E-state index in [-0.39, 0.29) is 12.1 Å². The van der Waals surface area contributed by atoms with Crippen molar-refractivity contribution in [2.75, 3.05) is 12.4 Å². The summed E-state index contributed by atoms with van der Waals surface area (Å²) in [4.78, 5) is 8.39. The number of hydrogen-bond acceptors (Lipinski definition) is 5. The molecule has 0 radical (unpaired) electrons. The summed E-state index contributed by atoms with van der Waals surface area (Å²) in [6, 6.07) is 1.87. The van der Waals surface area contributed by atoms with Crippen molar-refractivity contribution in [1.82, 2.24) is 14.5 Å². The number of pyridine rings is 1. The topological polar surface area (TPSA) is 72.2 Å². The van der Waals surface area contributed by atoms with Crippen LogP contribution in [-0.2, 0) is 6.54 Å². The van der Waals surface area contributed by atoms with Gasteiger partial charge in [-0.1, -0.05) is 0 Å². The van der Waals surface area contributed by atoms with Gasteiger partial charge in [0.2, 0.25) is 0 Å². The summed E-state index contributed by atoms with van der Waals surface area (Å²) < 4.78 is 8.03. The van der Waals surface area contributed by atoms with Crippen molar-refractivity contribution >= 4 is 21.7 Å². The van der Waals surface area contributed by atoms with Crippen LogP contribution in [0.2, 0.25) is 0 Å². The second-order valence-electron chi connectivity index (χ2n) is 5.62. The van der Waals surface area contributed by atoms with Crippen LogP contribution in [0.15, 0.2) is 35.5 Å². The smallest absolute Gasteiger partial charge is 0.140 e. The molecule has 3 atom stereocenters. The molecule has 0 aliphatic heterocycles. The molecule has 1 aliphatic rings. The number of hydrogen-bond donors (Lipinski definition) is 2. The Hall–Kier alpha value is -1.60. The van der Waals surface area contributed by atoms with Crippen LogP contribution >= 0.6 is 15.9 Å². The molecule has 3 rings (SSSR count). The highest BCUT2D eigenvalue weighted by Gasteiger charge is 2.33. The number of halogens is 1. The molecule has 0 saturated heterocycles. The van der Waals surface area contributed by atoms with Crippen molar-refractivity contribution in [3.8, 4) is 5.75 Å². The summed E-state index contributed by atoms with van der Waals surface area (Å²) in [6.07, 6.45) is 8.52. The van der Waals surface area contributed by atoms with Gasteiger partial charge in [0.15, 0.2) is 0 Å². The Bertz CT molecular complexity index is 620. The zero-order valence-corrected chi connectivity index (χ0v) is 13.9. The number of aliphatic hydroxyl groups excluding tert-OH is 1. The van der Waals surface area contributed by atoms with Crippen molar-refractivity contribution in [3.05, 3.63) is 35.5 Å². The maximum Gasteiger partial charge on any atom is 0.140 e. The van der Waals surface area contributed by atoms with Gasteiger partial charge in [0.25, 0.3) is 0 Å². The minimum atomic E-state index is -0.371. The lowest BCUT2D eigenvalue weighted by Crippen LogP contribution is -2.28. The number of anilines is 1. The maximum atomic E-state index is 10.3. The summed E-state index contributed by atoms with van der Waals surface area (Å²) in [5.74, 6) is 1.86. The molecule has 1 unspecified atom stereocenters. The van der Waals surface area contributed by atoms with Crippen LogP contribution in [0.5, 0.6) is 5.75 Å². The predicted molar refractivity (Wildman–Crippen MR) is 86.9 cm³/mol. The van der Waals surface area contributed by atoms with Gasteiger partial charge in [0, 0.05) is 18.9 Å². The molecule has 22 heavy (non-hydrogen) atoms. The molecule has 118 valence electrons. The molecule has 7 heteroatoms. The first-order chi connectivity index (χ1) is 10.7. The van der Waals surface area contributed by atoms with E-state index >= 15 is 0 Å². The summed E-state index contributed by atoms with van der Waals surface area (Å²) in [7, 11) is 1.61.